The second-order valence-corrected chi connectivity index (χ2v) is 5.02. The van der Waals surface area contributed by atoms with Gasteiger partial charge in [0.05, 0.1) is 6.10 Å². The van der Waals surface area contributed by atoms with Gasteiger partial charge >= 0.3 is 0 Å². The van der Waals surface area contributed by atoms with Gasteiger partial charge in [-0.2, -0.15) is 0 Å². The molecular formula is C12H17Cl2NO. The van der Waals surface area contributed by atoms with Crippen LogP contribution in [0, 0.1) is 0 Å². The molecule has 0 saturated carbocycles. The first kappa shape index (κ1) is 13.8. The van der Waals surface area contributed by atoms with E-state index in [2.05, 4.69) is 5.32 Å². The first-order chi connectivity index (χ1) is 7.47. The number of rotatable bonds is 5. The molecule has 0 fully saturated rings. The Bertz CT molecular complexity index is 322. The van der Waals surface area contributed by atoms with Gasteiger partial charge in [-0.05, 0) is 44.0 Å². The van der Waals surface area contributed by atoms with Crippen LogP contribution in [0.4, 0.5) is 0 Å². The van der Waals surface area contributed by atoms with Crippen molar-refractivity contribution in [3.05, 3.63) is 33.8 Å². The Hall–Kier alpha value is -0.280. The van der Waals surface area contributed by atoms with Crippen molar-refractivity contribution in [2.45, 2.75) is 39.0 Å². The molecule has 0 radical (unpaired) electrons. The molecule has 2 atom stereocenters. The zero-order valence-electron chi connectivity index (χ0n) is 9.50. The summed E-state index contributed by atoms with van der Waals surface area (Å²) in [7, 11) is 0. The van der Waals surface area contributed by atoms with E-state index >= 15 is 0 Å². The number of halogens is 2. The third kappa shape index (κ3) is 5.17. The van der Waals surface area contributed by atoms with Gasteiger partial charge in [-0.15, -0.1) is 0 Å². The molecule has 1 rings (SSSR count). The Balaban J connectivity index is 2.48. The molecule has 0 heterocycles. The molecule has 2 unspecified atom stereocenters. The number of aliphatic hydroxyl groups excluding tert-OH is 1. The van der Waals surface area contributed by atoms with Crippen molar-refractivity contribution in [1.29, 1.82) is 0 Å². The van der Waals surface area contributed by atoms with Gasteiger partial charge in [0.15, 0.2) is 0 Å². The standard InChI is InChI=1S/C12H17Cl2NO/c1-8(3-9(2)16)15-7-10-4-11(13)6-12(14)5-10/h4-6,8-9,15-16H,3,7H2,1-2H3. The average molecular weight is 262 g/mol. The summed E-state index contributed by atoms with van der Waals surface area (Å²) < 4.78 is 0. The summed E-state index contributed by atoms with van der Waals surface area (Å²) in [4.78, 5) is 0. The molecule has 1 aromatic rings. The summed E-state index contributed by atoms with van der Waals surface area (Å²) in [5.41, 5.74) is 1.05. The molecule has 4 heteroatoms. The Morgan fingerprint density at radius 1 is 1.19 bits per heavy atom. The van der Waals surface area contributed by atoms with Gasteiger partial charge in [-0.3, -0.25) is 0 Å². The van der Waals surface area contributed by atoms with Crippen molar-refractivity contribution in [3.8, 4) is 0 Å². The molecule has 2 nitrogen and oxygen atoms in total. The quantitative estimate of drug-likeness (QED) is 0.853. The van der Waals surface area contributed by atoms with E-state index in [-0.39, 0.29) is 12.1 Å². The van der Waals surface area contributed by atoms with E-state index in [0.717, 1.165) is 12.0 Å². The lowest BCUT2D eigenvalue weighted by molar-refractivity contribution is 0.170. The minimum Gasteiger partial charge on any atom is -0.393 e. The first-order valence-electron chi connectivity index (χ1n) is 5.34. The average Bonchev–Trinajstić information content (AvgIpc) is 2.12. The third-order valence-electron chi connectivity index (χ3n) is 2.27. The predicted octanol–water partition coefficient (Wildman–Crippen LogP) is 3.24. The molecule has 0 spiro atoms. The van der Waals surface area contributed by atoms with Crippen LogP contribution in [0.15, 0.2) is 18.2 Å². The van der Waals surface area contributed by atoms with E-state index in [9.17, 15) is 5.11 Å². The maximum absolute atomic E-state index is 9.23. The zero-order chi connectivity index (χ0) is 12.1. The summed E-state index contributed by atoms with van der Waals surface area (Å²) >= 11 is 11.8. The summed E-state index contributed by atoms with van der Waals surface area (Å²) in [6.45, 7) is 4.53. The highest BCUT2D eigenvalue weighted by Gasteiger charge is 2.06. The fraction of sp³-hybridized carbons (Fsp3) is 0.500. The monoisotopic (exact) mass is 261 g/mol. The molecule has 0 aliphatic heterocycles. The first-order valence-corrected chi connectivity index (χ1v) is 6.09. The number of benzene rings is 1. The van der Waals surface area contributed by atoms with Crippen LogP contribution in [0.5, 0.6) is 0 Å². The van der Waals surface area contributed by atoms with Crippen molar-refractivity contribution in [2.24, 2.45) is 0 Å². The lowest BCUT2D eigenvalue weighted by atomic mass is 10.1. The topological polar surface area (TPSA) is 32.3 Å². The highest BCUT2D eigenvalue weighted by atomic mass is 35.5. The van der Waals surface area contributed by atoms with E-state index in [0.29, 0.717) is 16.6 Å². The molecular weight excluding hydrogens is 245 g/mol. The number of nitrogens with one attached hydrogen (secondary N) is 1. The SMILES string of the molecule is CC(O)CC(C)NCc1cc(Cl)cc(Cl)c1. The van der Waals surface area contributed by atoms with Crippen LogP contribution in [0.1, 0.15) is 25.8 Å². The van der Waals surface area contributed by atoms with Gasteiger partial charge in [0, 0.05) is 22.6 Å². The normalized spacial score (nSPS) is 14.8. The minimum atomic E-state index is -0.287. The van der Waals surface area contributed by atoms with Gasteiger partial charge < -0.3 is 10.4 Å². The Morgan fingerprint density at radius 3 is 2.25 bits per heavy atom. The van der Waals surface area contributed by atoms with Crippen molar-refractivity contribution in [2.75, 3.05) is 0 Å². The second-order valence-electron chi connectivity index (χ2n) is 4.14. The molecule has 0 saturated heterocycles. The maximum Gasteiger partial charge on any atom is 0.0526 e. The van der Waals surface area contributed by atoms with Gasteiger partial charge in [-0.25, -0.2) is 0 Å². The Morgan fingerprint density at radius 2 is 1.75 bits per heavy atom. The highest BCUT2D eigenvalue weighted by Crippen LogP contribution is 2.19. The third-order valence-corrected chi connectivity index (χ3v) is 2.71. The van der Waals surface area contributed by atoms with E-state index < -0.39 is 0 Å². The van der Waals surface area contributed by atoms with Crippen molar-refractivity contribution < 1.29 is 5.11 Å². The van der Waals surface area contributed by atoms with Crippen LogP contribution >= 0.6 is 23.2 Å². The van der Waals surface area contributed by atoms with E-state index in [1.807, 2.05) is 19.1 Å². The molecule has 0 amide bonds. The molecule has 90 valence electrons. The lowest BCUT2D eigenvalue weighted by Gasteiger charge is -2.15. The summed E-state index contributed by atoms with van der Waals surface area (Å²) in [5.74, 6) is 0. The fourth-order valence-corrected chi connectivity index (χ4v) is 2.17. The molecule has 2 N–H and O–H groups in total. The predicted molar refractivity (Wildman–Crippen MR) is 69.1 cm³/mol. The number of aliphatic hydroxyl groups is 1. The molecule has 0 aliphatic carbocycles. The van der Waals surface area contributed by atoms with E-state index in [1.54, 1.807) is 13.0 Å². The Kier molecular flexibility index (Phi) is 5.56. The summed E-state index contributed by atoms with van der Waals surface area (Å²) in [6, 6.07) is 5.74. The largest absolute Gasteiger partial charge is 0.393 e. The smallest absolute Gasteiger partial charge is 0.0526 e. The lowest BCUT2D eigenvalue weighted by Crippen LogP contribution is -2.28. The molecule has 16 heavy (non-hydrogen) atoms. The Labute approximate surface area is 107 Å². The maximum atomic E-state index is 9.23. The summed E-state index contributed by atoms with van der Waals surface area (Å²) in [5, 5.41) is 13.8. The van der Waals surface area contributed by atoms with Crippen molar-refractivity contribution in [1.82, 2.24) is 5.32 Å². The molecule has 0 aromatic heterocycles. The van der Waals surface area contributed by atoms with Crippen LogP contribution in [0.3, 0.4) is 0 Å². The fourth-order valence-electron chi connectivity index (χ4n) is 1.60. The molecule has 0 bridgehead atoms. The van der Waals surface area contributed by atoms with Crippen LogP contribution in [0.2, 0.25) is 10.0 Å². The van der Waals surface area contributed by atoms with Gasteiger partial charge in [-0.1, -0.05) is 23.2 Å². The van der Waals surface area contributed by atoms with Crippen molar-refractivity contribution >= 4 is 23.2 Å². The van der Waals surface area contributed by atoms with E-state index in [4.69, 9.17) is 23.2 Å². The summed E-state index contributed by atoms with van der Waals surface area (Å²) in [6.07, 6.45) is 0.444. The van der Waals surface area contributed by atoms with Gasteiger partial charge in [0.2, 0.25) is 0 Å². The van der Waals surface area contributed by atoms with Crippen LogP contribution in [0.25, 0.3) is 0 Å². The second kappa shape index (κ2) is 6.45. The number of hydrogen-bond acceptors (Lipinski definition) is 2. The van der Waals surface area contributed by atoms with Crippen LogP contribution < -0.4 is 5.32 Å². The van der Waals surface area contributed by atoms with Gasteiger partial charge in [0.25, 0.3) is 0 Å². The van der Waals surface area contributed by atoms with Crippen LogP contribution in [-0.2, 0) is 6.54 Å². The molecule has 1 aromatic carbocycles. The zero-order valence-corrected chi connectivity index (χ0v) is 11.0. The highest BCUT2D eigenvalue weighted by molar-refractivity contribution is 6.34. The minimum absolute atomic E-state index is 0.262. The molecule has 0 aliphatic rings. The van der Waals surface area contributed by atoms with Gasteiger partial charge in [0.1, 0.15) is 0 Å². The van der Waals surface area contributed by atoms with Crippen LogP contribution in [-0.4, -0.2) is 17.3 Å². The number of hydrogen-bond donors (Lipinski definition) is 2. The van der Waals surface area contributed by atoms with Crippen molar-refractivity contribution in [3.63, 3.8) is 0 Å². The van der Waals surface area contributed by atoms with E-state index in [1.165, 1.54) is 0 Å².